The Hall–Kier alpha value is -3.56. The van der Waals surface area contributed by atoms with Crippen molar-refractivity contribution in [2.45, 2.75) is 0 Å². The molecule has 0 atom stereocenters. The highest BCUT2D eigenvalue weighted by Crippen LogP contribution is 2.26. The molecule has 0 saturated carbocycles. The van der Waals surface area contributed by atoms with Crippen molar-refractivity contribution in [1.82, 2.24) is 10.2 Å². The number of carbonyl (C=O) groups is 1. The summed E-state index contributed by atoms with van der Waals surface area (Å²) < 4.78 is 5.35. The molecule has 1 aromatic heterocycles. The van der Waals surface area contributed by atoms with E-state index in [1.54, 1.807) is 12.1 Å². The molecule has 158 valence electrons. The molecule has 0 aliphatic carbocycles. The first kappa shape index (κ1) is 20.7. The summed E-state index contributed by atoms with van der Waals surface area (Å²) in [6.07, 6.45) is 0. The van der Waals surface area contributed by atoms with Crippen molar-refractivity contribution in [2.24, 2.45) is 0 Å². The Morgan fingerprint density at radius 1 is 1.06 bits per heavy atom. The van der Waals surface area contributed by atoms with Crippen molar-refractivity contribution in [3.63, 3.8) is 0 Å². The van der Waals surface area contributed by atoms with Gasteiger partial charge in [-0.1, -0.05) is 23.7 Å². The molecule has 0 spiro atoms. The van der Waals surface area contributed by atoms with Crippen molar-refractivity contribution in [3.05, 3.63) is 75.3 Å². The summed E-state index contributed by atoms with van der Waals surface area (Å²) in [6, 6.07) is 14.8. The van der Waals surface area contributed by atoms with Gasteiger partial charge in [-0.15, -0.1) is 10.2 Å². The van der Waals surface area contributed by atoms with E-state index in [0.29, 0.717) is 24.6 Å². The van der Waals surface area contributed by atoms with Crippen LogP contribution in [0.1, 0.15) is 10.4 Å². The second-order valence-corrected chi connectivity index (χ2v) is 7.24. The molecule has 1 aliphatic rings. The number of hydrogen-bond acceptors (Lipinski definition) is 7. The van der Waals surface area contributed by atoms with Crippen LogP contribution in [0.4, 0.5) is 17.2 Å². The molecule has 1 saturated heterocycles. The number of hydrogen-bond donors (Lipinski definition) is 1. The second-order valence-electron chi connectivity index (χ2n) is 6.83. The predicted molar refractivity (Wildman–Crippen MR) is 117 cm³/mol. The van der Waals surface area contributed by atoms with Crippen LogP contribution in [0.15, 0.2) is 54.6 Å². The van der Waals surface area contributed by atoms with Gasteiger partial charge in [0.05, 0.1) is 23.8 Å². The summed E-state index contributed by atoms with van der Waals surface area (Å²) in [5.74, 6) is 0.343. The Morgan fingerprint density at radius 3 is 2.45 bits per heavy atom. The molecule has 9 nitrogen and oxygen atoms in total. The smallest absolute Gasteiger partial charge is 0.288 e. The van der Waals surface area contributed by atoms with Gasteiger partial charge >= 0.3 is 0 Å². The van der Waals surface area contributed by atoms with Gasteiger partial charge in [-0.2, -0.15) is 0 Å². The summed E-state index contributed by atoms with van der Waals surface area (Å²) in [7, 11) is 0. The SMILES string of the molecule is O=C(Nc1ccc(-c2ccc(N3CCOCC3)nn2)cc1)c1ccc(Cl)c([N+](=O)[O-])c1. The maximum Gasteiger partial charge on any atom is 0.288 e. The van der Waals surface area contributed by atoms with Crippen molar-refractivity contribution in [2.75, 3.05) is 36.5 Å². The molecule has 4 rings (SSSR count). The number of carbonyl (C=O) groups excluding carboxylic acids is 1. The van der Waals surface area contributed by atoms with E-state index in [4.69, 9.17) is 16.3 Å². The highest BCUT2D eigenvalue weighted by Gasteiger charge is 2.17. The molecular weight excluding hydrogens is 422 g/mol. The molecule has 0 radical (unpaired) electrons. The van der Waals surface area contributed by atoms with E-state index in [1.807, 2.05) is 24.3 Å². The van der Waals surface area contributed by atoms with E-state index in [9.17, 15) is 14.9 Å². The molecule has 0 unspecified atom stereocenters. The third-order valence-electron chi connectivity index (χ3n) is 4.83. The van der Waals surface area contributed by atoms with Crippen molar-refractivity contribution in [1.29, 1.82) is 0 Å². The van der Waals surface area contributed by atoms with Crippen molar-refractivity contribution in [3.8, 4) is 11.3 Å². The van der Waals surface area contributed by atoms with E-state index < -0.39 is 10.8 Å². The zero-order chi connectivity index (χ0) is 21.8. The number of amides is 1. The fourth-order valence-electron chi connectivity index (χ4n) is 3.16. The summed E-state index contributed by atoms with van der Waals surface area (Å²) in [5.41, 5.74) is 1.93. The summed E-state index contributed by atoms with van der Waals surface area (Å²) >= 11 is 5.79. The van der Waals surface area contributed by atoms with Gasteiger partial charge in [-0.05, 0) is 36.4 Å². The van der Waals surface area contributed by atoms with Crippen LogP contribution < -0.4 is 10.2 Å². The number of rotatable bonds is 5. The first-order valence-electron chi connectivity index (χ1n) is 9.53. The Morgan fingerprint density at radius 2 is 1.81 bits per heavy atom. The standard InChI is InChI=1S/C21H18ClN5O4/c22-17-6-3-15(13-19(17)27(29)30)21(28)23-16-4-1-14(2-5-16)18-7-8-20(25-24-18)26-9-11-31-12-10-26/h1-8,13H,9-12H2,(H,23,28). The average Bonchev–Trinajstić information content (AvgIpc) is 2.80. The minimum atomic E-state index is -0.626. The summed E-state index contributed by atoms with van der Waals surface area (Å²) in [5, 5.41) is 22.3. The molecule has 31 heavy (non-hydrogen) atoms. The van der Waals surface area contributed by atoms with Crippen LogP contribution in [-0.2, 0) is 4.74 Å². The molecular formula is C21H18ClN5O4. The quantitative estimate of drug-likeness (QED) is 0.475. The monoisotopic (exact) mass is 439 g/mol. The maximum atomic E-state index is 12.4. The minimum Gasteiger partial charge on any atom is -0.378 e. The Labute approximate surface area is 182 Å². The maximum absolute atomic E-state index is 12.4. The Kier molecular flexibility index (Phi) is 6.06. The fraction of sp³-hybridized carbons (Fsp3) is 0.190. The fourth-order valence-corrected chi connectivity index (χ4v) is 3.35. The molecule has 2 aromatic carbocycles. The van der Waals surface area contributed by atoms with Crippen LogP contribution in [0.5, 0.6) is 0 Å². The average molecular weight is 440 g/mol. The first-order chi connectivity index (χ1) is 15.0. The lowest BCUT2D eigenvalue weighted by Gasteiger charge is -2.27. The first-order valence-corrected chi connectivity index (χ1v) is 9.91. The number of ether oxygens (including phenoxy) is 1. The van der Waals surface area contributed by atoms with Crippen LogP contribution in [0, 0.1) is 10.1 Å². The number of nitro groups is 1. The van der Waals surface area contributed by atoms with Gasteiger partial charge in [0.25, 0.3) is 11.6 Å². The third-order valence-corrected chi connectivity index (χ3v) is 5.15. The lowest BCUT2D eigenvalue weighted by atomic mass is 10.1. The summed E-state index contributed by atoms with van der Waals surface area (Å²) in [4.78, 5) is 24.9. The van der Waals surface area contributed by atoms with Crippen LogP contribution in [-0.4, -0.2) is 47.3 Å². The van der Waals surface area contributed by atoms with Crippen molar-refractivity contribution < 1.29 is 14.5 Å². The Balaban J connectivity index is 1.44. The van der Waals surface area contributed by atoms with Gasteiger partial charge in [-0.25, -0.2) is 0 Å². The molecule has 1 fully saturated rings. The molecule has 1 aliphatic heterocycles. The molecule has 1 amide bonds. The van der Waals surface area contributed by atoms with Gasteiger partial charge in [0.1, 0.15) is 5.02 Å². The molecule has 2 heterocycles. The lowest BCUT2D eigenvalue weighted by molar-refractivity contribution is -0.384. The van der Waals surface area contributed by atoms with Crippen molar-refractivity contribution >= 4 is 34.7 Å². The van der Waals surface area contributed by atoms with E-state index in [-0.39, 0.29) is 16.3 Å². The van der Waals surface area contributed by atoms with E-state index in [2.05, 4.69) is 20.4 Å². The number of morpholine rings is 1. The highest BCUT2D eigenvalue weighted by atomic mass is 35.5. The number of benzene rings is 2. The van der Waals surface area contributed by atoms with Gasteiger partial charge in [-0.3, -0.25) is 14.9 Å². The topological polar surface area (TPSA) is 110 Å². The molecule has 0 bridgehead atoms. The van der Waals surface area contributed by atoms with Gasteiger partial charge in [0.15, 0.2) is 5.82 Å². The van der Waals surface area contributed by atoms with Crippen LogP contribution in [0.3, 0.4) is 0 Å². The number of nitrogens with one attached hydrogen (secondary N) is 1. The lowest BCUT2D eigenvalue weighted by Crippen LogP contribution is -2.36. The number of nitro benzene ring substituents is 1. The van der Waals surface area contributed by atoms with E-state index in [1.165, 1.54) is 12.1 Å². The van der Waals surface area contributed by atoms with Crippen LogP contribution >= 0.6 is 11.6 Å². The zero-order valence-electron chi connectivity index (χ0n) is 16.3. The number of nitrogens with zero attached hydrogens (tertiary/aromatic N) is 4. The van der Waals surface area contributed by atoms with Crippen LogP contribution in [0.2, 0.25) is 5.02 Å². The largest absolute Gasteiger partial charge is 0.378 e. The molecule has 1 N–H and O–H groups in total. The Bertz CT molecular complexity index is 1100. The van der Waals surface area contributed by atoms with E-state index >= 15 is 0 Å². The third kappa shape index (κ3) is 4.79. The van der Waals surface area contributed by atoms with Gasteiger partial charge in [0.2, 0.25) is 0 Å². The van der Waals surface area contributed by atoms with Gasteiger partial charge in [0, 0.05) is 36.0 Å². The van der Waals surface area contributed by atoms with Crippen LogP contribution in [0.25, 0.3) is 11.3 Å². The molecule has 10 heteroatoms. The predicted octanol–water partition coefficient (Wildman–Crippen LogP) is 3.79. The normalized spacial score (nSPS) is 13.6. The second kappa shape index (κ2) is 9.07. The number of aromatic nitrogens is 2. The molecule has 3 aromatic rings. The zero-order valence-corrected chi connectivity index (χ0v) is 17.1. The number of anilines is 2. The van der Waals surface area contributed by atoms with Gasteiger partial charge < -0.3 is 15.0 Å². The minimum absolute atomic E-state index is 0.0216. The summed E-state index contributed by atoms with van der Waals surface area (Å²) in [6.45, 7) is 2.94. The van der Waals surface area contributed by atoms with E-state index in [0.717, 1.165) is 30.5 Å². The number of halogens is 1. The highest BCUT2D eigenvalue weighted by molar-refractivity contribution is 6.32.